The molecule has 0 bridgehead atoms. The van der Waals surface area contributed by atoms with Crippen LogP contribution in [0.2, 0.25) is 0 Å². The van der Waals surface area contributed by atoms with Crippen LogP contribution in [0.5, 0.6) is 5.75 Å². The van der Waals surface area contributed by atoms with Gasteiger partial charge in [-0.3, -0.25) is 9.36 Å². The number of hydrogen-bond donors (Lipinski definition) is 1. The van der Waals surface area contributed by atoms with Crippen LogP contribution in [-0.2, 0) is 22.7 Å². The number of carbonyl (C=O) groups excluding carboxylic acids is 1. The largest absolute Gasteiger partial charge is 0.493 e. The summed E-state index contributed by atoms with van der Waals surface area (Å²) in [4.78, 5) is 22.0. The Morgan fingerprint density at radius 2 is 1.84 bits per heavy atom. The first-order valence-corrected chi connectivity index (χ1v) is 14.7. The van der Waals surface area contributed by atoms with Crippen LogP contribution in [0, 0.1) is 18.3 Å². The van der Waals surface area contributed by atoms with Crippen LogP contribution in [0.4, 0.5) is 13.2 Å². The van der Waals surface area contributed by atoms with Crippen LogP contribution >= 0.6 is 0 Å². The van der Waals surface area contributed by atoms with Gasteiger partial charge in [-0.2, -0.15) is 13.2 Å². The Morgan fingerprint density at radius 1 is 1.21 bits per heavy atom. The Labute approximate surface area is 222 Å². The van der Waals surface area contributed by atoms with Crippen molar-refractivity contribution in [2.24, 2.45) is 11.3 Å². The van der Waals surface area contributed by atoms with Crippen LogP contribution < -0.4 is 10.1 Å². The lowest BCUT2D eigenvalue weighted by Gasteiger charge is -2.27. The number of pyridine rings is 1. The molecule has 1 N–H and O–H groups in total. The minimum atomic E-state index is -4.37. The zero-order valence-corrected chi connectivity index (χ0v) is 23.6. The average Bonchev–Trinajstić information content (AvgIpc) is 3.17. The summed E-state index contributed by atoms with van der Waals surface area (Å²) >= 11 is 0. The fourth-order valence-electron chi connectivity index (χ4n) is 4.88. The Hall–Kier alpha value is -2.63. The molecule has 8 nitrogen and oxygen atoms in total. The fraction of sp³-hybridized carbons (Fsp3) is 0.654. The van der Waals surface area contributed by atoms with Crippen molar-refractivity contribution in [3.05, 3.63) is 35.0 Å². The Morgan fingerprint density at radius 3 is 2.37 bits per heavy atom. The number of aryl methyl sites for hydroxylation is 1. The molecule has 0 radical (unpaired) electrons. The first-order valence-electron chi connectivity index (χ1n) is 12.7. The maximum Gasteiger partial charge on any atom is 0.394 e. The highest BCUT2D eigenvalue weighted by atomic mass is 32.2. The topological polar surface area (TPSA) is 103 Å². The molecule has 38 heavy (non-hydrogen) atoms. The lowest BCUT2D eigenvalue weighted by molar-refractivity contribution is -0.211. The van der Waals surface area contributed by atoms with E-state index in [0.29, 0.717) is 48.7 Å². The van der Waals surface area contributed by atoms with Gasteiger partial charge in [0.25, 0.3) is 5.91 Å². The predicted octanol–water partition coefficient (Wildman–Crippen LogP) is 4.61. The van der Waals surface area contributed by atoms with E-state index in [1.165, 1.54) is 19.6 Å². The summed E-state index contributed by atoms with van der Waals surface area (Å²) in [6.07, 6.45) is 1.16. The van der Waals surface area contributed by atoms with E-state index in [2.05, 4.69) is 15.3 Å². The van der Waals surface area contributed by atoms with Gasteiger partial charge in [0.1, 0.15) is 21.4 Å². The number of alkyl halides is 3. The molecule has 0 unspecified atom stereocenters. The number of nitrogens with one attached hydrogen (secondary N) is 1. The molecule has 1 amide bonds. The van der Waals surface area contributed by atoms with E-state index in [9.17, 15) is 26.4 Å². The first kappa shape index (κ1) is 29.9. The van der Waals surface area contributed by atoms with Gasteiger partial charge in [-0.25, -0.2) is 18.4 Å². The highest BCUT2D eigenvalue weighted by Gasteiger charge is 2.47. The van der Waals surface area contributed by atoms with Crippen molar-refractivity contribution in [1.82, 2.24) is 19.9 Å². The van der Waals surface area contributed by atoms with Crippen LogP contribution in [0.25, 0.3) is 5.82 Å². The number of carbonyl (C=O) groups is 1. The highest BCUT2D eigenvalue weighted by Crippen LogP contribution is 2.41. The molecule has 0 saturated heterocycles. The minimum Gasteiger partial charge on any atom is -0.493 e. The molecule has 212 valence electrons. The molecule has 12 heteroatoms. The smallest absolute Gasteiger partial charge is 0.394 e. The Balaban J connectivity index is 1.80. The van der Waals surface area contributed by atoms with E-state index >= 15 is 0 Å². The number of imidazole rings is 1. The molecular formula is C26H37F3N4O4S. The van der Waals surface area contributed by atoms with Gasteiger partial charge in [-0.05, 0) is 56.6 Å². The van der Waals surface area contributed by atoms with Crippen LogP contribution in [0.15, 0.2) is 12.3 Å². The zero-order chi connectivity index (χ0) is 28.5. The maximum absolute atomic E-state index is 13.4. The molecule has 1 aliphatic carbocycles. The zero-order valence-electron chi connectivity index (χ0n) is 22.8. The van der Waals surface area contributed by atoms with Gasteiger partial charge >= 0.3 is 6.18 Å². The third-order valence-corrected chi connectivity index (χ3v) is 9.08. The Kier molecular flexibility index (Phi) is 8.84. The molecule has 0 spiro atoms. The van der Waals surface area contributed by atoms with Gasteiger partial charge in [-0.1, -0.05) is 20.8 Å². The van der Waals surface area contributed by atoms with E-state index in [1.807, 2.05) is 6.92 Å². The second-order valence-electron chi connectivity index (χ2n) is 10.8. The van der Waals surface area contributed by atoms with E-state index in [4.69, 9.17) is 4.74 Å². The number of aromatic nitrogens is 3. The average molecular weight is 559 g/mol. The standard InChI is InChI=1S/C26H37F3N4O4S/c1-7-21-32-22(24(34)31-14-17-8-10-19(11-9-17)38(6,35)36)16(2)33(21)23-20(37-5)12-18(15-30-23)13-25(3,4)26(27,28)29/h12,15,17,19H,7-11,13-14H2,1-6H3,(H,31,34)/t17-,19-. The van der Waals surface area contributed by atoms with Gasteiger partial charge < -0.3 is 10.1 Å². The van der Waals surface area contributed by atoms with Crippen molar-refractivity contribution in [2.75, 3.05) is 19.9 Å². The number of halogens is 3. The van der Waals surface area contributed by atoms with E-state index in [1.54, 1.807) is 17.6 Å². The lowest BCUT2D eigenvalue weighted by Crippen LogP contribution is -2.34. The van der Waals surface area contributed by atoms with Crippen molar-refractivity contribution < 1.29 is 31.1 Å². The van der Waals surface area contributed by atoms with Crippen LogP contribution in [-0.4, -0.2) is 60.2 Å². The summed E-state index contributed by atoms with van der Waals surface area (Å²) in [7, 11) is -1.63. The van der Waals surface area contributed by atoms with E-state index in [-0.39, 0.29) is 34.9 Å². The Bertz CT molecular complexity index is 1260. The molecule has 0 atom stereocenters. The monoisotopic (exact) mass is 558 g/mol. The van der Waals surface area contributed by atoms with Crippen molar-refractivity contribution >= 4 is 15.7 Å². The van der Waals surface area contributed by atoms with Gasteiger partial charge in [-0.15, -0.1) is 0 Å². The molecule has 2 aromatic rings. The van der Waals surface area contributed by atoms with Gasteiger partial charge in [0, 0.05) is 25.4 Å². The number of hydrogen-bond acceptors (Lipinski definition) is 6. The summed E-state index contributed by atoms with van der Waals surface area (Å²) in [5, 5.41) is 2.62. The third kappa shape index (κ3) is 6.50. The SMILES string of the molecule is CCc1nc(C(=O)NC[C@H]2CC[C@H](S(C)(=O)=O)CC2)c(C)n1-c1ncc(CC(C)(C)C(F)(F)F)cc1OC. The molecule has 1 aliphatic rings. The second-order valence-corrected chi connectivity index (χ2v) is 13.1. The quantitative estimate of drug-likeness (QED) is 0.482. The highest BCUT2D eigenvalue weighted by molar-refractivity contribution is 7.91. The van der Waals surface area contributed by atoms with Crippen LogP contribution in [0.3, 0.4) is 0 Å². The lowest BCUT2D eigenvalue weighted by atomic mass is 9.85. The first-order chi connectivity index (χ1) is 17.6. The molecule has 2 heterocycles. The molecule has 3 rings (SSSR count). The normalized spacial score (nSPS) is 18.9. The van der Waals surface area contributed by atoms with Gasteiger partial charge in [0.2, 0.25) is 0 Å². The second kappa shape index (κ2) is 11.2. The molecule has 2 aromatic heterocycles. The predicted molar refractivity (Wildman–Crippen MR) is 138 cm³/mol. The summed E-state index contributed by atoms with van der Waals surface area (Å²) in [6, 6.07) is 1.54. The van der Waals surface area contributed by atoms with Gasteiger partial charge in [0.05, 0.1) is 23.5 Å². The van der Waals surface area contributed by atoms with Gasteiger partial charge in [0.15, 0.2) is 11.6 Å². The van der Waals surface area contributed by atoms with Crippen molar-refractivity contribution in [2.45, 2.75) is 77.6 Å². The molecule has 1 fully saturated rings. The molecule has 1 saturated carbocycles. The van der Waals surface area contributed by atoms with E-state index < -0.39 is 21.4 Å². The van der Waals surface area contributed by atoms with Crippen molar-refractivity contribution in [3.8, 4) is 11.6 Å². The number of sulfone groups is 1. The van der Waals surface area contributed by atoms with Crippen molar-refractivity contribution in [1.29, 1.82) is 0 Å². The third-order valence-electron chi connectivity index (χ3n) is 7.39. The summed E-state index contributed by atoms with van der Waals surface area (Å²) in [5.41, 5.74) is -0.782. The van der Waals surface area contributed by atoms with E-state index in [0.717, 1.165) is 26.7 Å². The maximum atomic E-state index is 13.4. The molecular weight excluding hydrogens is 521 g/mol. The number of nitrogens with zero attached hydrogens (tertiary/aromatic N) is 3. The minimum absolute atomic E-state index is 0.195. The summed E-state index contributed by atoms with van der Waals surface area (Å²) in [6.45, 7) is 6.33. The number of methoxy groups -OCH3 is 1. The number of ether oxygens (including phenoxy) is 1. The van der Waals surface area contributed by atoms with Crippen LogP contribution in [0.1, 0.15) is 74.0 Å². The number of rotatable bonds is 9. The molecule has 0 aliphatic heterocycles. The van der Waals surface area contributed by atoms with Crippen molar-refractivity contribution in [3.63, 3.8) is 0 Å². The molecule has 0 aromatic carbocycles. The summed E-state index contributed by atoms with van der Waals surface area (Å²) < 4.78 is 70.9. The fourth-order valence-corrected chi connectivity index (χ4v) is 6.01. The summed E-state index contributed by atoms with van der Waals surface area (Å²) in [5.74, 6) is 1.05. The number of amides is 1.